The van der Waals surface area contributed by atoms with Crippen molar-refractivity contribution in [3.8, 4) is 0 Å². The van der Waals surface area contributed by atoms with Crippen molar-refractivity contribution in [2.75, 3.05) is 6.54 Å². The number of hydrogen-bond donors (Lipinski definition) is 3. The Morgan fingerprint density at radius 2 is 2.39 bits per heavy atom. The first kappa shape index (κ1) is 14.0. The molecule has 0 radical (unpaired) electrons. The van der Waals surface area contributed by atoms with Crippen LogP contribution in [0.25, 0.3) is 0 Å². The summed E-state index contributed by atoms with van der Waals surface area (Å²) >= 11 is 0. The number of aromatic nitrogens is 2. The Morgan fingerprint density at radius 1 is 1.67 bits per heavy atom. The van der Waals surface area contributed by atoms with Gasteiger partial charge in [0.1, 0.15) is 5.41 Å². The topological polar surface area (TPSA) is 106 Å². The summed E-state index contributed by atoms with van der Waals surface area (Å²) in [5, 5.41) is 18.4. The molecule has 7 heteroatoms. The number of rotatable bonds is 6. The van der Waals surface area contributed by atoms with E-state index >= 15 is 0 Å². The van der Waals surface area contributed by atoms with Crippen LogP contribution in [0.4, 0.5) is 0 Å². The van der Waals surface area contributed by atoms with Gasteiger partial charge >= 0.3 is 0 Å². The number of nitrogens with zero attached hydrogens (tertiary/aromatic N) is 3. The molecular weight excluding hydrogens is 234 g/mol. The monoisotopic (exact) mass is 253 g/mol. The lowest BCUT2D eigenvalue weighted by atomic mass is 9.85. The van der Waals surface area contributed by atoms with Gasteiger partial charge in [0.15, 0.2) is 5.84 Å². The lowest BCUT2D eigenvalue weighted by Gasteiger charge is -2.25. The van der Waals surface area contributed by atoms with Gasteiger partial charge in [0, 0.05) is 18.9 Å². The van der Waals surface area contributed by atoms with Gasteiger partial charge in [-0.25, -0.2) is 0 Å². The molecular formula is C11H19N5O2. The van der Waals surface area contributed by atoms with Gasteiger partial charge < -0.3 is 16.3 Å². The van der Waals surface area contributed by atoms with E-state index in [1.54, 1.807) is 17.8 Å². The molecule has 1 amide bonds. The minimum atomic E-state index is -0.987. The van der Waals surface area contributed by atoms with E-state index in [1.165, 1.54) is 0 Å². The summed E-state index contributed by atoms with van der Waals surface area (Å²) in [6, 6.07) is 1.81. The van der Waals surface area contributed by atoms with Crippen molar-refractivity contribution in [2.45, 2.75) is 26.8 Å². The molecule has 0 saturated heterocycles. The van der Waals surface area contributed by atoms with Gasteiger partial charge in [-0.05, 0) is 19.4 Å². The first-order valence-electron chi connectivity index (χ1n) is 5.78. The van der Waals surface area contributed by atoms with E-state index in [0.717, 1.165) is 0 Å². The van der Waals surface area contributed by atoms with E-state index < -0.39 is 5.41 Å². The van der Waals surface area contributed by atoms with Gasteiger partial charge in [-0.15, -0.1) is 0 Å². The third-order valence-electron chi connectivity index (χ3n) is 3.07. The normalized spacial score (nSPS) is 15.1. The van der Waals surface area contributed by atoms with E-state index in [4.69, 9.17) is 10.9 Å². The van der Waals surface area contributed by atoms with E-state index in [2.05, 4.69) is 15.6 Å². The number of carbonyl (C=O) groups is 1. The van der Waals surface area contributed by atoms with Gasteiger partial charge in [0.2, 0.25) is 5.91 Å². The highest BCUT2D eigenvalue weighted by Crippen LogP contribution is 2.21. The largest absolute Gasteiger partial charge is 0.409 e. The van der Waals surface area contributed by atoms with Crippen LogP contribution in [-0.2, 0) is 11.3 Å². The second kappa shape index (κ2) is 6.04. The number of nitrogens with one attached hydrogen (secondary N) is 1. The SMILES string of the molecule is CCC(C)(C(=O)NCCn1cccn1)/C(N)=N/O. The van der Waals surface area contributed by atoms with Gasteiger partial charge in [-0.1, -0.05) is 12.1 Å². The summed E-state index contributed by atoms with van der Waals surface area (Å²) in [5.74, 6) is -0.339. The number of oxime groups is 1. The summed E-state index contributed by atoms with van der Waals surface area (Å²) in [4.78, 5) is 12.0. The lowest BCUT2D eigenvalue weighted by molar-refractivity contribution is -0.127. The van der Waals surface area contributed by atoms with Crippen LogP contribution in [0.5, 0.6) is 0 Å². The average Bonchev–Trinajstić information content (AvgIpc) is 2.89. The summed E-state index contributed by atoms with van der Waals surface area (Å²) < 4.78 is 1.72. The Labute approximate surface area is 106 Å². The Morgan fingerprint density at radius 3 is 2.89 bits per heavy atom. The van der Waals surface area contributed by atoms with Crippen molar-refractivity contribution >= 4 is 11.7 Å². The summed E-state index contributed by atoms with van der Waals surface area (Å²) in [7, 11) is 0. The van der Waals surface area contributed by atoms with Crippen molar-refractivity contribution in [3.63, 3.8) is 0 Å². The van der Waals surface area contributed by atoms with Gasteiger partial charge in [0.05, 0.1) is 6.54 Å². The standard InChI is InChI=1S/C11H19N5O2/c1-3-11(2,9(12)15-18)10(17)13-6-8-16-7-4-5-14-16/h4-5,7,18H,3,6,8H2,1-2H3,(H2,12,15)(H,13,17). The van der Waals surface area contributed by atoms with Crippen LogP contribution >= 0.6 is 0 Å². The molecule has 100 valence electrons. The van der Waals surface area contributed by atoms with Crippen molar-refractivity contribution in [3.05, 3.63) is 18.5 Å². The molecule has 1 aromatic heterocycles. The Bertz CT molecular complexity index is 415. The maximum absolute atomic E-state index is 12.0. The van der Waals surface area contributed by atoms with Gasteiger partial charge in [-0.3, -0.25) is 9.48 Å². The third kappa shape index (κ3) is 2.99. The highest BCUT2D eigenvalue weighted by molar-refractivity contribution is 6.06. The zero-order chi connectivity index (χ0) is 13.6. The fourth-order valence-corrected chi connectivity index (χ4v) is 1.48. The summed E-state index contributed by atoms with van der Waals surface area (Å²) in [6.45, 7) is 4.47. The molecule has 1 atom stereocenters. The number of amides is 1. The molecule has 1 aromatic rings. The quantitative estimate of drug-likeness (QED) is 0.290. The van der Waals surface area contributed by atoms with Crippen LogP contribution in [0, 0.1) is 5.41 Å². The first-order chi connectivity index (χ1) is 8.54. The highest BCUT2D eigenvalue weighted by atomic mass is 16.4. The molecule has 1 unspecified atom stereocenters. The predicted molar refractivity (Wildman–Crippen MR) is 67.0 cm³/mol. The van der Waals surface area contributed by atoms with Crippen LogP contribution in [0.15, 0.2) is 23.6 Å². The molecule has 0 aliphatic rings. The van der Waals surface area contributed by atoms with E-state index in [9.17, 15) is 4.79 Å². The Hall–Kier alpha value is -2.05. The van der Waals surface area contributed by atoms with Crippen molar-refractivity contribution in [2.24, 2.45) is 16.3 Å². The summed E-state index contributed by atoms with van der Waals surface area (Å²) in [5.41, 5.74) is 4.56. The van der Waals surface area contributed by atoms with Crippen LogP contribution in [0.1, 0.15) is 20.3 Å². The molecule has 7 nitrogen and oxygen atoms in total. The molecule has 1 rings (SSSR count). The van der Waals surface area contributed by atoms with Crippen LogP contribution < -0.4 is 11.1 Å². The maximum Gasteiger partial charge on any atom is 0.233 e. The second-order valence-electron chi connectivity index (χ2n) is 4.20. The highest BCUT2D eigenvalue weighted by Gasteiger charge is 2.36. The van der Waals surface area contributed by atoms with E-state index in [0.29, 0.717) is 19.5 Å². The van der Waals surface area contributed by atoms with Gasteiger partial charge in [-0.2, -0.15) is 5.10 Å². The molecule has 0 saturated carbocycles. The fraction of sp³-hybridized carbons (Fsp3) is 0.545. The molecule has 1 heterocycles. The molecule has 18 heavy (non-hydrogen) atoms. The molecule has 0 spiro atoms. The Kier molecular flexibility index (Phi) is 4.70. The minimum Gasteiger partial charge on any atom is -0.409 e. The zero-order valence-corrected chi connectivity index (χ0v) is 10.6. The predicted octanol–water partition coefficient (Wildman–Crippen LogP) is 0.162. The summed E-state index contributed by atoms with van der Waals surface area (Å²) in [6.07, 6.45) is 3.94. The first-order valence-corrected chi connectivity index (χ1v) is 5.78. The molecule has 0 fully saturated rings. The van der Waals surface area contributed by atoms with Crippen LogP contribution in [0.2, 0.25) is 0 Å². The van der Waals surface area contributed by atoms with Crippen molar-refractivity contribution in [1.29, 1.82) is 0 Å². The van der Waals surface area contributed by atoms with Crippen molar-refractivity contribution in [1.82, 2.24) is 15.1 Å². The third-order valence-corrected chi connectivity index (χ3v) is 3.07. The number of hydrogen-bond acceptors (Lipinski definition) is 4. The number of nitrogens with two attached hydrogens (primary N) is 1. The number of amidine groups is 1. The molecule has 0 aromatic carbocycles. The lowest BCUT2D eigenvalue weighted by Crippen LogP contribution is -2.48. The molecule has 0 aliphatic carbocycles. The smallest absolute Gasteiger partial charge is 0.233 e. The maximum atomic E-state index is 12.0. The van der Waals surface area contributed by atoms with E-state index in [1.807, 2.05) is 19.2 Å². The van der Waals surface area contributed by atoms with Crippen LogP contribution in [0.3, 0.4) is 0 Å². The molecule has 0 aliphatic heterocycles. The molecule has 0 bridgehead atoms. The fourth-order valence-electron chi connectivity index (χ4n) is 1.48. The zero-order valence-electron chi connectivity index (χ0n) is 10.6. The number of carbonyl (C=O) groups excluding carboxylic acids is 1. The van der Waals surface area contributed by atoms with E-state index in [-0.39, 0.29) is 11.7 Å². The minimum absolute atomic E-state index is 0.0819. The van der Waals surface area contributed by atoms with Crippen molar-refractivity contribution < 1.29 is 10.0 Å². The average molecular weight is 253 g/mol. The Balaban J connectivity index is 2.53. The molecule has 4 N–H and O–H groups in total. The van der Waals surface area contributed by atoms with Crippen LogP contribution in [-0.4, -0.2) is 33.3 Å². The van der Waals surface area contributed by atoms with Gasteiger partial charge in [0.25, 0.3) is 0 Å². The second-order valence-corrected chi connectivity index (χ2v) is 4.20.